The summed E-state index contributed by atoms with van der Waals surface area (Å²) in [6, 6.07) is 31.0. The van der Waals surface area contributed by atoms with E-state index in [-0.39, 0.29) is 40.7 Å². The molecular formula is C47H48Cl2N4O6. The summed E-state index contributed by atoms with van der Waals surface area (Å²) in [4.78, 5) is 61.4. The second kappa shape index (κ2) is 17.8. The summed E-state index contributed by atoms with van der Waals surface area (Å²) in [5, 5.41) is 16.0. The van der Waals surface area contributed by atoms with Gasteiger partial charge in [-0.2, -0.15) is 0 Å². The first-order valence-corrected chi connectivity index (χ1v) is 20.7. The van der Waals surface area contributed by atoms with Gasteiger partial charge in [0.1, 0.15) is 17.9 Å². The highest BCUT2D eigenvalue weighted by atomic mass is 35.5. The van der Waals surface area contributed by atoms with Crippen molar-refractivity contribution in [3.8, 4) is 5.75 Å². The Hall–Kier alpha value is -5.42. The van der Waals surface area contributed by atoms with Gasteiger partial charge >= 0.3 is 0 Å². The van der Waals surface area contributed by atoms with Gasteiger partial charge in [0.15, 0.2) is 12.4 Å². The molecule has 0 aromatic heterocycles. The van der Waals surface area contributed by atoms with Crippen LogP contribution in [0.15, 0.2) is 109 Å². The molecule has 10 nitrogen and oxygen atoms in total. The molecule has 5 aromatic carbocycles. The van der Waals surface area contributed by atoms with Gasteiger partial charge in [-0.05, 0) is 88.9 Å². The highest BCUT2D eigenvalue weighted by Crippen LogP contribution is 2.43. The SMILES string of the molecule is CC(C)CC1OC(c2ccc(O)cc2)N(C2C(=O)N(C(C(=O)NCc3ccc(C(C)C)c(Cl)c3)N(C=O)c3ccccc3Cl)C2CCc2ccc3ccccc3c2)C1=O. The number of ether oxygens (including phenoxy) is 1. The molecule has 306 valence electrons. The lowest BCUT2D eigenvalue weighted by atomic mass is 9.86. The minimum absolute atomic E-state index is 0.0445. The number of hydrogen-bond acceptors (Lipinski definition) is 6. The van der Waals surface area contributed by atoms with Crippen LogP contribution in [0.3, 0.4) is 0 Å². The van der Waals surface area contributed by atoms with Crippen LogP contribution in [0.25, 0.3) is 10.8 Å². The van der Waals surface area contributed by atoms with Gasteiger partial charge in [-0.3, -0.25) is 29.0 Å². The molecule has 5 aromatic rings. The van der Waals surface area contributed by atoms with Crippen molar-refractivity contribution in [1.29, 1.82) is 0 Å². The van der Waals surface area contributed by atoms with E-state index in [1.54, 1.807) is 42.5 Å². The van der Waals surface area contributed by atoms with E-state index < -0.39 is 42.4 Å². The zero-order chi connectivity index (χ0) is 42.0. The van der Waals surface area contributed by atoms with Crippen molar-refractivity contribution in [1.82, 2.24) is 15.1 Å². The summed E-state index contributed by atoms with van der Waals surface area (Å²) >= 11 is 13.3. The predicted molar refractivity (Wildman–Crippen MR) is 230 cm³/mol. The molecule has 5 unspecified atom stereocenters. The Kier molecular flexibility index (Phi) is 12.6. The number of rotatable bonds is 15. The van der Waals surface area contributed by atoms with Crippen LogP contribution >= 0.6 is 23.2 Å². The molecule has 2 fully saturated rings. The van der Waals surface area contributed by atoms with E-state index >= 15 is 4.79 Å². The third-order valence-electron chi connectivity index (χ3n) is 11.2. The summed E-state index contributed by atoms with van der Waals surface area (Å²) in [5.41, 5.74) is 3.52. The van der Waals surface area contributed by atoms with Gasteiger partial charge in [0.2, 0.25) is 12.3 Å². The van der Waals surface area contributed by atoms with E-state index in [0.29, 0.717) is 36.3 Å². The van der Waals surface area contributed by atoms with Gasteiger partial charge in [-0.1, -0.05) is 130 Å². The quantitative estimate of drug-likeness (QED) is 0.0805. The lowest BCUT2D eigenvalue weighted by molar-refractivity contribution is -0.176. The Balaban J connectivity index is 1.29. The number of fused-ring (bicyclic) bond motifs is 1. The fourth-order valence-electron chi connectivity index (χ4n) is 8.19. The van der Waals surface area contributed by atoms with Gasteiger partial charge in [0.05, 0.1) is 16.8 Å². The number of β-lactam (4-membered cyclic amide) rings is 1. The number of para-hydroxylation sites is 1. The number of hydrogen-bond donors (Lipinski definition) is 2. The van der Waals surface area contributed by atoms with Crippen LogP contribution < -0.4 is 10.2 Å². The summed E-state index contributed by atoms with van der Waals surface area (Å²) in [5.74, 6) is -1.13. The largest absolute Gasteiger partial charge is 0.508 e. The Labute approximate surface area is 354 Å². The maximum absolute atomic E-state index is 15.0. The van der Waals surface area contributed by atoms with Crippen LogP contribution in [0.2, 0.25) is 10.0 Å². The first-order valence-electron chi connectivity index (χ1n) is 20.0. The maximum Gasteiger partial charge on any atom is 0.264 e. The average molecular weight is 836 g/mol. The molecule has 0 radical (unpaired) electrons. The number of nitrogens with zero attached hydrogens (tertiary/aromatic N) is 3. The highest BCUT2D eigenvalue weighted by Gasteiger charge is 2.60. The van der Waals surface area contributed by atoms with Crippen LogP contribution in [-0.4, -0.2) is 63.4 Å². The molecule has 0 bridgehead atoms. The number of amides is 4. The molecular weight excluding hydrogens is 787 g/mol. The Morgan fingerprint density at radius 1 is 0.847 bits per heavy atom. The highest BCUT2D eigenvalue weighted by molar-refractivity contribution is 6.33. The van der Waals surface area contributed by atoms with Crippen molar-refractivity contribution in [2.75, 3.05) is 4.90 Å². The third-order valence-corrected chi connectivity index (χ3v) is 11.8. The smallest absolute Gasteiger partial charge is 0.264 e. The topological polar surface area (TPSA) is 119 Å². The number of likely N-dealkylation sites (tertiary alicyclic amines) is 1. The van der Waals surface area contributed by atoms with Crippen molar-refractivity contribution >= 4 is 63.8 Å². The van der Waals surface area contributed by atoms with Crippen LogP contribution in [0, 0.1) is 5.92 Å². The summed E-state index contributed by atoms with van der Waals surface area (Å²) in [6.07, 6.45) is -1.50. The van der Waals surface area contributed by atoms with E-state index in [2.05, 4.69) is 11.4 Å². The zero-order valence-electron chi connectivity index (χ0n) is 33.4. The molecule has 7 rings (SSSR count). The van der Waals surface area contributed by atoms with E-state index in [9.17, 15) is 19.5 Å². The second-order valence-corrected chi connectivity index (χ2v) is 16.8. The van der Waals surface area contributed by atoms with Crippen molar-refractivity contribution in [3.05, 3.63) is 141 Å². The van der Waals surface area contributed by atoms with Crippen molar-refractivity contribution in [2.24, 2.45) is 5.92 Å². The summed E-state index contributed by atoms with van der Waals surface area (Å²) in [6.45, 7) is 8.14. The number of aryl methyl sites for hydroxylation is 1. The molecule has 2 saturated heterocycles. The molecule has 2 N–H and O–H groups in total. The number of nitrogens with one attached hydrogen (secondary N) is 1. The van der Waals surface area contributed by atoms with E-state index in [1.165, 1.54) is 26.8 Å². The molecule has 0 spiro atoms. The molecule has 0 aliphatic carbocycles. The molecule has 2 heterocycles. The van der Waals surface area contributed by atoms with Crippen molar-refractivity contribution < 1.29 is 29.0 Å². The van der Waals surface area contributed by atoms with Gasteiger partial charge < -0.3 is 20.1 Å². The number of carbonyl (C=O) groups excluding carboxylic acids is 4. The number of halogens is 2. The number of aromatic hydroxyl groups is 1. The normalized spacial score (nSPS) is 19.7. The Bertz CT molecular complexity index is 2350. The molecule has 2 aliphatic rings. The number of phenols is 1. The number of anilines is 1. The van der Waals surface area contributed by atoms with E-state index in [4.69, 9.17) is 27.9 Å². The van der Waals surface area contributed by atoms with Crippen LogP contribution in [-0.2, 0) is 36.9 Å². The maximum atomic E-state index is 15.0. The Morgan fingerprint density at radius 2 is 1.54 bits per heavy atom. The fraction of sp³-hybridized carbons (Fsp3) is 0.319. The predicted octanol–water partition coefficient (Wildman–Crippen LogP) is 8.77. The molecule has 0 saturated carbocycles. The van der Waals surface area contributed by atoms with E-state index in [0.717, 1.165) is 27.5 Å². The minimum Gasteiger partial charge on any atom is -0.508 e. The van der Waals surface area contributed by atoms with Gasteiger partial charge in [-0.15, -0.1) is 0 Å². The number of carbonyl (C=O) groups is 4. The minimum atomic E-state index is -1.49. The van der Waals surface area contributed by atoms with Crippen molar-refractivity contribution in [2.45, 2.75) is 90.0 Å². The zero-order valence-corrected chi connectivity index (χ0v) is 34.9. The van der Waals surface area contributed by atoms with Crippen LogP contribution in [0.4, 0.5) is 5.69 Å². The van der Waals surface area contributed by atoms with Crippen LogP contribution in [0.1, 0.15) is 74.9 Å². The molecule has 5 atom stereocenters. The monoisotopic (exact) mass is 834 g/mol. The molecule has 4 amide bonds. The lowest BCUT2D eigenvalue weighted by Gasteiger charge is -2.55. The Morgan fingerprint density at radius 3 is 2.22 bits per heavy atom. The number of benzene rings is 5. The number of phenolic OH excluding ortho intramolecular Hbond substituents is 1. The molecule has 12 heteroatoms. The third kappa shape index (κ3) is 8.67. The average Bonchev–Trinajstić information content (AvgIpc) is 3.52. The van der Waals surface area contributed by atoms with Gasteiger partial charge in [0.25, 0.3) is 11.8 Å². The first-order chi connectivity index (χ1) is 28.4. The van der Waals surface area contributed by atoms with Gasteiger partial charge in [0, 0.05) is 17.1 Å². The fourth-order valence-corrected chi connectivity index (χ4v) is 8.85. The van der Waals surface area contributed by atoms with Crippen LogP contribution in [0.5, 0.6) is 5.75 Å². The summed E-state index contributed by atoms with van der Waals surface area (Å²) < 4.78 is 6.45. The summed E-state index contributed by atoms with van der Waals surface area (Å²) in [7, 11) is 0. The molecule has 2 aliphatic heterocycles. The van der Waals surface area contributed by atoms with Crippen molar-refractivity contribution in [3.63, 3.8) is 0 Å². The van der Waals surface area contributed by atoms with E-state index in [1.807, 2.05) is 76.2 Å². The standard InChI is InChI=1S/C47H48Cl2N4O6/c1-28(2)23-41-45(57)53(47(59-41)33-17-19-35(55)20-18-33)42-40(22-15-30-13-16-32-9-5-6-10-34(32)24-30)52(46(42)58)44(51(27-54)39-12-8-7-11-37(39)48)43(56)50-26-31-14-21-36(29(3)4)38(49)25-31/h5-14,16-21,24-25,27-29,40-42,44,47,55H,15,22-23,26H2,1-4H3,(H,50,56). The van der Waals surface area contributed by atoms with Gasteiger partial charge in [-0.25, -0.2) is 0 Å². The molecule has 59 heavy (non-hydrogen) atoms. The lowest BCUT2D eigenvalue weighted by Crippen LogP contribution is -2.77. The second-order valence-electron chi connectivity index (χ2n) is 16.0. The first kappa shape index (κ1) is 41.7.